The summed E-state index contributed by atoms with van der Waals surface area (Å²) in [6, 6.07) is 9.35. The summed E-state index contributed by atoms with van der Waals surface area (Å²) in [6.07, 6.45) is -0.941. The van der Waals surface area contributed by atoms with E-state index >= 15 is 0 Å². The average molecular weight is 1350 g/mol. The topological polar surface area (TPSA) is 468 Å². The first-order valence-electron chi connectivity index (χ1n) is 31.1. The molecule has 94 heavy (non-hydrogen) atoms. The van der Waals surface area contributed by atoms with Gasteiger partial charge in [-0.05, 0) is 99.2 Å². The molecule has 3 aromatic rings. The predicted octanol–water partition coefficient (Wildman–Crippen LogP) is -0.702. The Morgan fingerprint density at radius 3 is 1.85 bits per heavy atom. The van der Waals surface area contributed by atoms with E-state index in [1.54, 1.807) is 48.5 Å². The van der Waals surface area contributed by atoms with E-state index in [-0.39, 0.29) is 61.5 Å². The summed E-state index contributed by atoms with van der Waals surface area (Å²) < 4.78 is 17.2. The van der Waals surface area contributed by atoms with E-state index < -0.39 is 121 Å². The van der Waals surface area contributed by atoms with E-state index in [9.17, 15) is 71.9 Å². The van der Waals surface area contributed by atoms with Crippen molar-refractivity contribution in [2.24, 2.45) is 11.5 Å². The number of phosphoric acid groups is 1. The number of amides is 13. The van der Waals surface area contributed by atoms with Crippen LogP contribution in [0.15, 0.2) is 66.7 Å². The van der Waals surface area contributed by atoms with Crippen LogP contribution >= 0.6 is 19.6 Å². The first kappa shape index (κ1) is 76.5. The molecule has 3 aromatic carbocycles. The summed E-state index contributed by atoms with van der Waals surface area (Å²) in [7, 11) is -4.19. The maximum atomic E-state index is 14.6. The van der Waals surface area contributed by atoms with Crippen LogP contribution < -0.4 is 75.3 Å². The highest BCUT2D eigenvalue weighted by Crippen LogP contribution is 2.38. The molecule has 0 aliphatic carbocycles. The minimum absolute atomic E-state index is 0.0944. The Bertz CT molecular complexity index is 3260. The van der Waals surface area contributed by atoms with Gasteiger partial charge in [-0.1, -0.05) is 93.9 Å². The van der Waals surface area contributed by atoms with Crippen molar-refractivity contribution in [2.45, 2.75) is 196 Å². The SMILES string of the molecule is CN[C@@H](NC(=O)[C@@H](NC(=O)[C@H](Cc1ccc(C(C)(C)C)cc1)NC(=O)[C@H](C)NC(=O)[C@H](C)NC(=O)[C@H](CCCCNC(=O)CCCC[C@@H]1SC[C@@H]2NC(=O)N[C@@H]21)NC(C)=O)[C@H](C)OP(=O)(O)O)C(=O)N[C@@H](Cc1ccc2ccccc2c1)C(=O)N[C@@H](CCC(N)=O)C(N)=O. The van der Waals surface area contributed by atoms with Crippen molar-refractivity contribution < 1.29 is 76.4 Å². The smallest absolute Gasteiger partial charge is 0.370 e. The lowest BCUT2D eigenvalue weighted by Gasteiger charge is -2.29. The Kier molecular flexibility index (Phi) is 29.2. The van der Waals surface area contributed by atoms with E-state index in [0.29, 0.717) is 48.6 Å². The molecular formula is C62H91N14O16PS. The number of rotatable bonds is 37. The second kappa shape index (κ2) is 35.9. The number of primary amides is 2. The third-order valence-corrected chi connectivity index (χ3v) is 17.9. The molecule has 2 aliphatic rings. The first-order valence-corrected chi connectivity index (χ1v) is 33.7. The molecule has 0 radical (unpaired) electrons. The van der Waals surface area contributed by atoms with Crippen molar-refractivity contribution in [3.8, 4) is 0 Å². The van der Waals surface area contributed by atoms with E-state index in [2.05, 4.69) is 63.8 Å². The quantitative estimate of drug-likeness (QED) is 0.0147. The van der Waals surface area contributed by atoms with Gasteiger partial charge in [0.1, 0.15) is 42.3 Å². The number of fused-ring (bicyclic) bond motifs is 2. The van der Waals surface area contributed by atoms with Crippen LogP contribution in [0.5, 0.6) is 0 Å². The molecule has 5 rings (SSSR count). The van der Waals surface area contributed by atoms with Crippen molar-refractivity contribution in [2.75, 3.05) is 19.3 Å². The second-order valence-corrected chi connectivity index (χ2v) is 27.0. The molecule has 2 fully saturated rings. The number of thioether (sulfide) groups is 1. The number of nitrogens with two attached hydrogens (primary N) is 2. The van der Waals surface area contributed by atoms with Crippen LogP contribution in [-0.4, -0.2) is 172 Å². The van der Waals surface area contributed by atoms with Crippen LogP contribution in [0.4, 0.5) is 4.79 Å². The lowest BCUT2D eigenvalue weighted by Crippen LogP contribution is -2.64. The van der Waals surface area contributed by atoms with Crippen LogP contribution in [0.1, 0.15) is 123 Å². The Balaban J connectivity index is 1.25. The maximum Gasteiger partial charge on any atom is 0.469 e. The molecule has 32 heteroatoms. The summed E-state index contributed by atoms with van der Waals surface area (Å²) in [5.41, 5.74) is 12.5. The molecule has 30 nitrogen and oxygen atoms in total. The third kappa shape index (κ3) is 24.9. The molecule has 0 spiro atoms. The number of carbonyl (C=O) groups is 12. The molecule has 2 saturated heterocycles. The lowest BCUT2D eigenvalue weighted by atomic mass is 9.86. The molecular weight excluding hydrogens is 1260 g/mol. The van der Waals surface area contributed by atoms with Gasteiger partial charge in [-0.15, -0.1) is 0 Å². The van der Waals surface area contributed by atoms with Gasteiger partial charge >= 0.3 is 13.9 Å². The summed E-state index contributed by atoms with van der Waals surface area (Å²) >= 11 is 1.81. The molecule has 516 valence electrons. The second-order valence-electron chi connectivity index (χ2n) is 24.6. The van der Waals surface area contributed by atoms with Gasteiger partial charge in [-0.3, -0.25) is 62.6 Å². The van der Waals surface area contributed by atoms with E-state index in [1.807, 2.05) is 50.7 Å². The molecule has 18 N–H and O–H groups in total. The normalized spacial score (nSPS) is 18.1. The van der Waals surface area contributed by atoms with Crippen molar-refractivity contribution in [3.63, 3.8) is 0 Å². The van der Waals surface area contributed by atoms with E-state index in [1.165, 1.54) is 27.8 Å². The molecule has 12 atom stereocenters. The Morgan fingerprint density at radius 1 is 0.649 bits per heavy atom. The molecule has 0 unspecified atom stereocenters. The van der Waals surface area contributed by atoms with Crippen LogP contribution in [0.25, 0.3) is 10.8 Å². The van der Waals surface area contributed by atoms with Gasteiger partial charge in [-0.25, -0.2) is 9.36 Å². The van der Waals surface area contributed by atoms with Crippen molar-refractivity contribution in [3.05, 3.63) is 83.4 Å². The Labute approximate surface area is 550 Å². The monoisotopic (exact) mass is 1350 g/mol. The van der Waals surface area contributed by atoms with E-state index in [4.69, 9.17) is 16.0 Å². The average Bonchev–Trinajstić information content (AvgIpc) is 1.57. The zero-order chi connectivity index (χ0) is 69.6. The number of likely N-dealkylation sites (N-methyl/N-ethyl adjacent to an activating group) is 1. The third-order valence-electron chi connectivity index (χ3n) is 15.8. The Hall–Kier alpha value is -8.22. The minimum atomic E-state index is -5.43. The Morgan fingerprint density at radius 2 is 1.23 bits per heavy atom. The fraction of sp³-hybridized carbons (Fsp3) is 0.548. The van der Waals surface area contributed by atoms with Gasteiger partial charge in [0.15, 0.2) is 6.17 Å². The van der Waals surface area contributed by atoms with Crippen LogP contribution in [0.3, 0.4) is 0 Å². The number of phosphoric ester groups is 1. The molecule has 0 saturated carbocycles. The fourth-order valence-electron chi connectivity index (χ4n) is 10.6. The van der Waals surface area contributed by atoms with E-state index in [0.717, 1.165) is 41.9 Å². The maximum absolute atomic E-state index is 14.6. The standard InChI is InChI=1S/C62H91N14O16PS/c1-33(68-56(83)43(69-36(4)77)17-13-14-28-66-49(79)19-12-11-18-47-51-46(32-94-47)73-61(88)75-51)54(81)67-34(2)55(82)71-44(30-37-21-24-41(25-22-37)62(5,6)7)58(85)74-50(35(3)92-93(89,90)91)59(86)76-53(65-8)60(87)72-45(57(84)70-42(52(64)80)26-27-48(63)78)31-38-20-23-39-15-9-10-16-40(39)29-38/h9-10,15-16,20-25,29,33-35,42-47,50-51,53,65H,11-14,17-19,26-28,30-32H2,1-8H3,(H2,63,78)(H2,64,80)(H,66,79)(H,67,81)(H,68,83)(H,69,77)(H,70,84)(H,71,82)(H,72,87)(H,74,85)(H,76,86)(H2,73,75,88)(H2,89,90,91)/t33-,34-,35-,42-,43-,44-,45-,46-,47-,50-,51-,53-/m0/s1. The summed E-state index contributed by atoms with van der Waals surface area (Å²) in [4.78, 5) is 179. The number of urea groups is 1. The number of carbonyl (C=O) groups excluding carboxylic acids is 12. The summed E-state index contributed by atoms with van der Waals surface area (Å²) in [6.45, 7) is 11.2. The van der Waals surface area contributed by atoms with Crippen molar-refractivity contribution >= 4 is 101 Å². The van der Waals surface area contributed by atoms with Crippen LogP contribution in [0, 0.1) is 0 Å². The highest BCUT2D eigenvalue weighted by Gasteiger charge is 2.43. The van der Waals surface area contributed by atoms with Crippen LogP contribution in [0.2, 0.25) is 0 Å². The first-order chi connectivity index (χ1) is 44.2. The number of unbranched alkanes of at least 4 members (excludes halogenated alkanes) is 2. The van der Waals surface area contributed by atoms with Gasteiger partial charge < -0.3 is 79.7 Å². The number of benzene rings is 3. The summed E-state index contributed by atoms with van der Waals surface area (Å²) in [5, 5.41) is 33.2. The highest BCUT2D eigenvalue weighted by atomic mass is 32.2. The van der Waals surface area contributed by atoms with Crippen molar-refractivity contribution in [1.29, 1.82) is 0 Å². The zero-order valence-electron chi connectivity index (χ0n) is 54.1. The highest BCUT2D eigenvalue weighted by molar-refractivity contribution is 8.00. The zero-order valence-corrected chi connectivity index (χ0v) is 55.8. The number of hydrogen-bond acceptors (Lipinski definition) is 16. The van der Waals surface area contributed by atoms with Crippen molar-refractivity contribution in [1.82, 2.24) is 63.8 Å². The van der Waals surface area contributed by atoms with Crippen LogP contribution in [-0.2, 0) is 80.1 Å². The molecule has 0 aromatic heterocycles. The largest absolute Gasteiger partial charge is 0.469 e. The van der Waals surface area contributed by atoms with Gasteiger partial charge in [-0.2, -0.15) is 11.8 Å². The van der Waals surface area contributed by atoms with Gasteiger partial charge in [0.2, 0.25) is 59.1 Å². The molecule has 0 bridgehead atoms. The van der Waals surface area contributed by atoms with Gasteiger partial charge in [0.05, 0.1) is 18.2 Å². The minimum Gasteiger partial charge on any atom is -0.370 e. The van der Waals surface area contributed by atoms with Gasteiger partial charge in [0.25, 0.3) is 5.91 Å². The number of nitrogens with one attached hydrogen (secondary N) is 12. The lowest BCUT2D eigenvalue weighted by molar-refractivity contribution is -0.137. The predicted molar refractivity (Wildman–Crippen MR) is 349 cm³/mol. The number of hydrogen-bond donors (Lipinski definition) is 16. The summed E-state index contributed by atoms with van der Waals surface area (Å²) in [5.74, 6) is -8.42. The fourth-order valence-corrected chi connectivity index (χ4v) is 12.7. The molecule has 2 aliphatic heterocycles. The molecule has 2 heterocycles. The van der Waals surface area contributed by atoms with Gasteiger partial charge in [0, 0.05) is 50.2 Å². The molecule has 13 amide bonds.